The Balaban J connectivity index is 2.59. The maximum Gasteiger partial charge on any atom is 0.170 e. The van der Waals surface area contributed by atoms with Crippen LogP contribution in [0.1, 0.15) is 10.6 Å². The standard InChI is InChI=1S/C13H15N3O2S/c1-7-11(12(14)15)19-13(16-7)8-5-4-6-9(17-2)10(8)18-3/h4-6H,1-3H3,(H3,14,15). The summed E-state index contributed by atoms with van der Waals surface area (Å²) in [4.78, 5) is 5.13. The number of hydrogen-bond donors (Lipinski definition) is 2. The number of nitrogen functional groups attached to an aromatic ring is 1. The van der Waals surface area contributed by atoms with E-state index in [0.29, 0.717) is 16.4 Å². The van der Waals surface area contributed by atoms with Crippen LogP contribution in [-0.4, -0.2) is 25.0 Å². The molecule has 5 nitrogen and oxygen atoms in total. The highest BCUT2D eigenvalue weighted by atomic mass is 32.1. The molecule has 2 aromatic rings. The lowest BCUT2D eigenvalue weighted by molar-refractivity contribution is 0.356. The summed E-state index contributed by atoms with van der Waals surface area (Å²) in [5.74, 6) is 1.31. The van der Waals surface area contributed by atoms with Gasteiger partial charge in [0.05, 0.1) is 30.4 Å². The summed E-state index contributed by atoms with van der Waals surface area (Å²) in [5.41, 5.74) is 7.11. The number of aryl methyl sites for hydroxylation is 1. The molecule has 19 heavy (non-hydrogen) atoms. The zero-order chi connectivity index (χ0) is 14.0. The summed E-state index contributed by atoms with van der Waals surface area (Å²) in [6, 6.07) is 5.61. The number of aromatic nitrogens is 1. The molecule has 0 aliphatic heterocycles. The summed E-state index contributed by atoms with van der Waals surface area (Å²) >= 11 is 1.37. The fraction of sp³-hybridized carbons (Fsp3) is 0.231. The van der Waals surface area contributed by atoms with Gasteiger partial charge in [-0.2, -0.15) is 0 Å². The number of ether oxygens (including phenoxy) is 2. The van der Waals surface area contributed by atoms with E-state index in [1.54, 1.807) is 14.2 Å². The molecule has 3 N–H and O–H groups in total. The first-order valence-corrected chi connectivity index (χ1v) is 6.43. The highest BCUT2D eigenvalue weighted by Crippen LogP contribution is 2.39. The molecule has 100 valence electrons. The van der Waals surface area contributed by atoms with Crippen LogP contribution in [0.3, 0.4) is 0 Å². The fourth-order valence-corrected chi connectivity index (χ4v) is 2.77. The van der Waals surface area contributed by atoms with Crippen LogP contribution in [0.4, 0.5) is 0 Å². The van der Waals surface area contributed by atoms with E-state index in [1.807, 2.05) is 25.1 Å². The van der Waals surface area contributed by atoms with Gasteiger partial charge in [0, 0.05) is 0 Å². The van der Waals surface area contributed by atoms with Gasteiger partial charge in [-0.05, 0) is 19.1 Å². The molecule has 6 heteroatoms. The summed E-state index contributed by atoms with van der Waals surface area (Å²) in [6.07, 6.45) is 0. The molecule has 0 bridgehead atoms. The molecule has 0 amide bonds. The highest BCUT2D eigenvalue weighted by molar-refractivity contribution is 7.17. The van der Waals surface area contributed by atoms with Gasteiger partial charge >= 0.3 is 0 Å². The number of thiazole rings is 1. The predicted molar refractivity (Wildman–Crippen MR) is 76.4 cm³/mol. The second kappa shape index (κ2) is 5.27. The van der Waals surface area contributed by atoms with Crippen molar-refractivity contribution in [2.75, 3.05) is 14.2 Å². The highest BCUT2D eigenvalue weighted by Gasteiger charge is 2.17. The largest absolute Gasteiger partial charge is 0.493 e. The molecule has 0 spiro atoms. The zero-order valence-electron chi connectivity index (χ0n) is 11.0. The van der Waals surface area contributed by atoms with E-state index in [0.717, 1.165) is 16.3 Å². The summed E-state index contributed by atoms with van der Waals surface area (Å²) < 4.78 is 10.7. The van der Waals surface area contributed by atoms with Crippen LogP contribution in [-0.2, 0) is 0 Å². The number of nitrogens with two attached hydrogens (primary N) is 1. The van der Waals surface area contributed by atoms with Gasteiger partial charge in [0.15, 0.2) is 11.5 Å². The van der Waals surface area contributed by atoms with Gasteiger partial charge in [0.1, 0.15) is 10.8 Å². The van der Waals surface area contributed by atoms with E-state index in [2.05, 4.69) is 4.98 Å². The number of nitrogens with zero attached hydrogens (tertiary/aromatic N) is 1. The van der Waals surface area contributed by atoms with E-state index in [-0.39, 0.29) is 5.84 Å². The molecule has 0 saturated carbocycles. The monoisotopic (exact) mass is 277 g/mol. The van der Waals surface area contributed by atoms with Gasteiger partial charge in [-0.3, -0.25) is 5.41 Å². The van der Waals surface area contributed by atoms with Crippen LogP contribution in [0.5, 0.6) is 11.5 Å². The SMILES string of the molecule is COc1cccc(-c2nc(C)c(C(=N)N)s2)c1OC. The first-order chi connectivity index (χ1) is 9.08. The third-order valence-corrected chi connectivity index (χ3v) is 3.90. The third kappa shape index (κ3) is 2.39. The third-order valence-electron chi connectivity index (χ3n) is 2.67. The molecule has 0 saturated heterocycles. The van der Waals surface area contributed by atoms with Crippen molar-refractivity contribution in [1.29, 1.82) is 5.41 Å². The lowest BCUT2D eigenvalue weighted by Gasteiger charge is -2.10. The molecule has 1 aromatic carbocycles. The number of amidine groups is 1. The number of hydrogen-bond acceptors (Lipinski definition) is 5. The lowest BCUT2D eigenvalue weighted by atomic mass is 10.2. The molecule has 1 aromatic heterocycles. The maximum absolute atomic E-state index is 7.52. The first-order valence-electron chi connectivity index (χ1n) is 5.61. The smallest absolute Gasteiger partial charge is 0.170 e. The minimum absolute atomic E-state index is 0.0307. The van der Waals surface area contributed by atoms with Crippen LogP contribution in [0, 0.1) is 12.3 Å². The van der Waals surface area contributed by atoms with Crippen molar-refractivity contribution in [3.8, 4) is 22.1 Å². The van der Waals surface area contributed by atoms with Crippen molar-refractivity contribution >= 4 is 17.2 Å². The van der Waals surface area contributed by atoms with Gasteiger partial charge in [-0.1, -0.05) is 6.07 Å². The van der Waals surface area contributed by atoms with Crippen LogP contribution in [0.25, 0.3) is 10.6 Å². The summed E-state index contributed by atoms with van der Waals surface area (Å²) in [7, 11) is 3.18. The van der Waals surface area contributed by atoms with Crippen molar-refractivity contribution in [3.63, 3.8) is 0 Å². The van der Waals surface area contributed by atoms with E-state index in [1.165, 1.54) is 11.3 Å². The predicted octanol–water partition coefficient (Wildman–Crippen LogP) is 2.42. The number of rotatable bonds is 4. The molecule has 0 aliphatic rings. The van der Waals surface area contributed by atoms with Gasteiger partial charge in [0.2, 0.25) is 0 Å². The Morgan fingerprint density at radius 2 is 2.05 bits per heavy atom. The van der Waals surface area contributed by atoms with Crippen LogP contribution in [0.2, 0.25) is 0 Å². The number of methoxy groups -OCH3 is 2. The Morgan fingerprint density at radius 3 is 2.58 bits per heavy atom. The van der Waals surface area contributed by atoms with Gasteiger partial charge in [-0.25, -0.2) is 4.98 Å². The molecule has 1 heterocycles. The Labute approximate surface area is 115 Å². The Morgan fingerprint density at radius 1 is 1.32 bits per heavy atom. The summed E-state index contributed by atoms with van der Waals surface area (Å²) in [6.45, 7) is 1.84. The van der Waals surface area contributed by atoms with Crippen LogP contribution in [0.15, 0.2) is 18.2 Å². The number of benzene rings is 1. The van der Waals surface area contributed by atoms with Crippen molar-refractivity contribution in [2.24, 2.45) is 5.73 Å². The normalized spacial score (nSPS) is 10.3. The van der Waals surface area contributed by atoms with Crippen molar-refractivity contribution < 1.29 is 9.47 Å². The minimum Gasteiger partial charge on any atom is -0.493 e. The average Bonchev–Trinajstić information content (AvgIpc) is 2.79. The van der Waals surface area contributed by atoms with Crippen molar-refractivity contribution in [2.45, 2.75) is 6.92 Å². The van der Waals surface area contributed by atoms with Crippen LogP contribution < -0.4 is 15.2 Å². The van der Waals surface area contributed by atoms with Gasteiger partial charge in [0.25, 0.3) is 0 Å². The van der Waals surface area contributed by atoms with Gasteiger partial charge in [-0.15, -0.1) is 11.3 Å². The maximum atomic E-state index is 7.52. The van der Waals surface area contributed by atoms with E-state index in [9.17, 15) is 0 Å². The fourth-order valence-electron chi connectivity index (χ4n) is 1.82. The molecule has 0 fully saturated rings. The van der Waals surface area contributed by atoms with Gasteiger partial charge < -0.3 is 15.2 Å². The Kier molecular flexibility index (Phi) is 3.71. The minimum atomic E-state index is 0.0307. The summed E-state index contributed by atoms with van der Waals surface area (Å²) in [5, 5.41) is 8.28. The molecule has 0 aliphatic carbocycles. The molecule has 0 unspecified atom stereocenters. The topological polar surface area (TPSA) is 81.2 Å². The quantitative estimate of drug-likeness (QED) is 0.664. The zero-order valence-corrected chi connectivity index (χ0v) is 11.8. The second-order valence-electron chi connectivity index (χ2n) is 3.89. The lowest BCUT2D eigenvalue weighted by Crippen LogP contribution is -2.10. The van der Waals surface area contributed by atoms with Crippen molar-refractivity contribution in [1.82, 2.24) is 4.98 Å². The first kappa shape index (κ1) is 13.4. The van der Waals surface area contributed by atoms with Crippen LogP contribution >= 0.6 is 11.3 Å². The van der Waals surface area contributed by atoms with E-state index in [4.69, 9.17) is 20.6 Å². The van der Waals surface area contributed by atoms with E-state index >= 15 is 0 Å². The molecular weight excluding hydrogens is 262 g/mol. The Hall–Kier alpha value is -2.08. The van der Waals surface area contributed by atoms with E-state index < -0.39 is 0 Å². The molecular formula is C13H15N3O2S. The Bertz CT molecular complexity index is 622. The van der Waals surface area contributed by atoms with Crippen molar-refractivity contribution in [3.05, 3.63) is 28.8 Å². The molecule has 0 atom stereocenters. The average molecular weight is 277 g/mol. The molecule has 0 radical (unpaired) electrons. The molecule has 2 rings (SSSR count). The number of nitrogens with one attached hydrogen (secondary N) is 1. The second-order valence-corrected chi connectivity index (χ2v) is 4.89. The number of para-hydroxylation sites is 1.